The van der Waals surface area contributed by atoms with Gasteiger partial charge < -0.3 is 0 Å². The van der Waals surface area contributed by atoms with Gasteiger partial charge in [-0.05, 0) is 50.4 Å². The number of nitrogens with zero attached hydrogens (tertiary/aromatic N) is 2. The summed E-state index contributed by atoms with van der Waals surface area (Å²) in [6.45, 7) is 7.86. The lowest BCUT2D eigenvalue weighted by Crippen LogP contribution is -2.50. The number of hydrogen-bond acceptors (Lipinski definition) is 3. The topological polar surface area (TPSA) is 39.1 Å². The van der Waals surface area contributed by atoms with Crippen molar-refractivity contribution in [1.29, 1.82) is 5.26 Å². The maximum absolute atomic E-state index is 9.47. The summed E-state index contributed by atoms with van der Waals surface area (Å²) in [5.41, 5.74) is 2.44. The van der Waals surface area contributed by atoms with Crippen LogP contribution in [0.4, 0.5) is 0 Å². The highest BCUT2D eigenvalue weighted by Crippen LogP contribution is 2.20. The molecular formula is C17H25N3. The Hall–Kier alpha value is -1.37. The molecule has 0 aliphatic carbocycles. The first kappa shape index (κ1) is 15.0. The van der Waals surface area contributed by atoms with E-state index in [0.29, 0.717) is 0 Å². The van der Waals surface area contributed by atoms with Gasteiger partial charge in [0, 0.05) is 13.1 Å². The van der Waals surface area contributed by atoms with Crippen molar-refractivity contribution in [3.8, 4) is 6.07 Å². The Morgan fingerprint density at radius 3 is 2.80 bits per heavy atom. The van der Waals surface area contributed by atoms with E-state index < -0.39 is 5.54 Å². The van der Waals surface area contributed by atoms with Crippen molar-refractivity contribution < 1.29 is 0 Å². The molecule has 1 aliphatic rings. The molecule has 20 heavy (non-hydrogen) atoms. The zero-order valence-corrected chi connectivity index (χ0v) is 12.7. The van der Waals surface area contributed by atoms with Gasteiger partial charge in [0.1, 0.15) is 5.54 Å². The number of nitriles is 1. The molecule has 3 nitrogen and oxygen atoms in total. The number of nitrogens with one attached hydrogen (secondary N) is 1. The molecular weight excluding hydrogens is 246 g/mol. The van der Waals surface area contributed by atoms with Crippen molar-refractivity contribution in [1.82, 2.24) is 10.2 Å². The van der Waals surface area contributed by atoms with E-state index >= 15 is 0 Å². The second kappa shape index (κ2) is 6.88. The predicted molar refractivity (Wildman–Crippen MR) is 82.4 cm³/mol. The fourth-order valence-corrected chi connectivity index (χ4v) is 2.88. The summed E-state index contributed by atoms with van der Waals surface area (Å²) in [7, 11) is 0. The van der Waals surface area contributed by atoms with Crippen LogP contribution in [-0.4, -0.2) is 30.1 Å². The van der Waals surface area contributed by atoms with Gasteiger partial charge in [0.25, 0.3) is 0 Å². The van der Waals surface area contributed by atoms with E-state index in [0.717, 1.165) is 39.0 Å². The van der Waals surface area contributed by atoms with E-state index in [1.807, 2.05) is 6.92 Å². The quantitative estimate of drug-likeness (QED) is 0.895. The molecule has 1 atom stereocenters. The second-order valence-electron chi connectivity index (χ2n) is 5.95. The molecule has 0 aromatic heterocycles. The van der Waals surface area contributed by atoms with Crippen LogP contribution in [0.15, 0.2) is 24.3 Å². The Labute approximate surface area is 122 Å². The Bertz CT molecular complexity index is 477. The Morgan fingerprint density at radius 2 is 2.10 bits per heavy atom. The van der Waals surface area contributed by atoms with Crippen molar-refractivity contribution >= 4 is 0 Å². The molecule has 0 radical (unpaired) electrons. The van der Waals surface area contributed by atoms with Gasteiger partial charge in [-0.2, -0.15) is 5.26 Å². The van der Waals surface area contributed by atoms with Crippen LogP contribution in [0.2, 0.25) is 0 Å². The van der Waals surface area contributed by atoms with E-state index in [2.05, 4.69) is 47.5 Å². The maximum atomic E-state index is 9.47. The number of aryl methyl sites for hydroxylation is 1. The number of benzene rings is 1. The normalized spacial score (nSPS) is 18.6. The summed E-state index contributed by atoms with van der Waals surface area (Å²) in [5, 5.41) is 12.9. The average molecular weight is 271 g/mol. The minimum absolute atomic E-state index is 0.449. The fourth-order valence-electron chi connectivity index (χ4n) is 2.88. The first-order valence-electron chi connectivity index (χ1n) is 7.62. The Balaban J connectivity index is 2.05. The highest BCUT2D eigenvalue weighted by atomic mass is 15.2. The molecule has 3 heteroatoms. The van der Waals surface area contributed by atoms with Gasteiger partial charge in [0.15, 0.2) is 0 Å². The van der Waals surface area contributed by atoms with Gasteiger partial charge in [0.2, 0.25) is 0 Å². The molecule has 0 bridgehead atoms. The number of fused-ring (bicyclic) bond motifs is 1. The molecule has 2 rings (SSSR count). The van der Waals surface area contributed by atoms with E-state index in [1.54, 1.807) is 0 Å². The first-order valence-corrected chi connectivity index (χ1v) is 7.62. The van der Waals surface area contributed by atoms with Crippen molar-refractivity contribution in [2.75, 3.05) is 19.6 Å². The lowest BCUT2D eigenvalue weighted by Gasteiger charge is -2.30. The lowest BCUT2D eigenvalue weighted by atomic mass is 10.0. The molecule has 1 N–H and O–H groups in total. The Morgan fingerprint density at radius 1 is 1.35 bits per heavy atom. The third-order valence-corrected chi connectivity index (χ3v) is 3.98. The predicted octanol–water partition coefficient (Wildman–Crippen LogP) is 2.72. The highest BCUT2D eigenvalue weighted by Gasteiger charge is 2.27. The first-order chi connectivity index (χ1) is 9.67. The Kier molecular flexibility index (Phi) is 5.17. The van der Waals surface area contributed by atoms with E-state index in [1.165, 1.54) is 17.5 Å². The van der Waals surface area contributed by atoms with Crippen molar-refractivity contribution in [3.63, 3.8) is 0 Å². The van der Waals surface area contributed by atoms with Crippen LogP contribution in [0.5, 0.6) is 0 Å². The van der Waals surface area contributed by atoms with Crippen LogP contribution in [0.3, 0.4) is 0 Å². The van der Waals surface area contributed by atoms with Gasteiger partial charge in [0.05, 0.1) is 6.07 Å². The number of hydrogen-bond donors (Lipinski definition) is 1. The van der Waals surface area contributed by atoms with Crippen LogP contribution >= 0.6 is 0 Å². The zero-order chi connectivity index (χ0) is 14.4. The molecule has 108 valence electrons. The molecule has 1 aromatic rings. The van der Waals surface area contributed by atoms with Crippen LogP contribution in [0.25, 0.3) is 0 Å². The minimum atomic E-state index is -0.449. The van der Waals surface area contributed by atoms with E-state index in [-0.39, 0.29) is 0 Å². The monoisotopic (exact) mass is 271 g/mol. The summed E-state index contributed by atoms with van der Waals surface area (Å²) in [6, 6.07) is 11.1. The molecule has 1 aliphatic heterocycles. The highest BCUT2D eigenvalue weighted by molar-refractivity contribution is 5.28. The van der Waals surface area contributed by atoms with Crippen LogP contribution in [-0.2, 0) is 13.0 Å². The summed E-state index contributed by atoms with van der Waals surface area (Å²) in [6.07, 6.45) is 3.38. The van der Waals surface area contributed by atoms with Crippen molar-refractivity contribution in [2.45, 2.75) is 45.2 Å². The summed E-state index contributed by atoms with van der Waals surface area (Å²) < 4.78 is 0. The van der Waals surface area contributed by atoms with Gasteiger partial charge in [-0.25, -0.2) is 0 Å². The third-order valence-electron chi connectivity index (χ3n) is 3.98. The van der Waals surface area contributed by atoms with Gasteiger partial charge in [-0.15, -0.1) is 0 Å². The molecule has 1 unspecified atom stereocenters. The van der Waals surface area contributed by atoms with E-state index in [9.17, 15) is 5.26 Å². The third kappa shape index (κ3) is 3.82. The minimum Gasteiger partial charge on any atom is -0.299 e. The summed E-state index contributed by atoms with van der Waals surface area (Å²) in [4.78, 5) is 2.41. The van der Waals surface area contributed by atoms with Crippen LogP contribution in [0, 0.1) is 11.3 Å². The summed E-state index contributed by atoms with van der Waals surface area (Å²) >= 11 is 0. The van der Waals surface area contributed by atoms with Crippen molar-refractivity contribution in [2.24, 2.45) is 0 Å². The number of rotatable bonds is 5. The van der Waals surface area contributed by atoms with Gasteiger partial charge in [-0.3, -0.25) is 10.2 Å². The molecule has 0 fully saturated rings. The van der Waals surface area contributed by atoms with E-state index in [4.69, 9.17) is 0 Å². The summed E-state index contributed by atoms with van der Waals surface area (Å²) in [5.74, 6) is 0. The standard InChI is InChI=1S/C17H25N3/c1-3-10-19-17(2,13-18)14-20-11-6-9-15-7-4-5-8-16(15)12-20/h4-5,7-8,19H,3,6,9-12,14H2,1-2H3. The maximum Gasteiger partial charge on any atom is 0.116 e. The molecule has 0 amide bonds. The molecule has 0 saturated heterocycles. The fraction of sp³-hybridized carbons (Fsp3) is 0.588. The largest absolute Gasteiger partial charge is 0.299 e. The smallest absolute Gasteiger partial charge is 0.116 e. The van der Waals surface area contributed by atoms with Gasteiger partial charge in [-0.1, -0.05) is 31.2 Å². The molecule has 1 heterocycles. The van der Waals surface area contributed by atoms with Crippen molar-refractivity contribution in [3.05, 3.63) is 35.4 Å². The second-order valence-corrected chi connectivity index (χ2v) is 5.95. The zero-order valence-electron chi connectivity index (χ0n) is 12.7. The van der Waals surface area contributed by atoms with Crippen LogP contribution < -0.4 is 5.32 Å². The molecule has 0 saturated carbocycles. The lowest BCUT2D eigenvalue weighted by molar-refractivity contribution is 0.215. The van der Waals surface area contributed by atoms with Crippen LogP contribution in [0.1, 0.15) is 37.8 Å². The average Bonchev–Trinajstić information content (AvgIpc) is 2.66. The molecule has 0 spiro atoms. The SMILES string of the molecule is CCCNC(C)(C#N)CN1CCCc2ccccc2C1. The molecule has 1 aromatic carbocycles. The van der Waals surface area contributed by atoms with Gasteiger partial charge >= 0.3 is 0 Å².